The van der Waals surface area contributed by atoms with E-state index in [1.165, 1.54) is 0 Å². The van der Waals surface area contributed by atoms with Crippen molar-refractivity contribution in [3.05, 3.63) is 84.4 Å². The summed E-state index contributed by atoms with van der Waals surface area (Å²) in [7, 11) is 1.57. The van der Waals surface area contributed by atoms with Crippen LogP contribution in [0.25, 0.3) is 11.1 Å². The number of anilines is 1. The van der Waals surface area contributed by atoms with Crippen molar-refractivity contribution in [1.82, 2.24) is 0 Å². The number of ether oxygens (including phenoxy) is 2. The number of hydrogen-bond donors (Lipinski definition) is 1. The summed E-state index contributed by atoms with van der Waals surface area (Å²) in [6, 6.07) is 24.6. The normalized spacial score (nSPS) is 10.2. The standard InChI is InChI=1S/C23H21NO4/c1-27-21-13-11-20(12-14-21)24-22(25)16-28-23(26)15-17-7-9-19(10-8-17)18-5-3-2-4-6-18/h2-14H,15-16H2,1H3,(H,24,25). The van der Waals surface area contributed by atoms with Gasteiger partial charge in [-0.05, 0) is 41.0 Å². The largest absolute Gasteiger partial charge is 0.497 e. The zero-order valence-corrected chi connectivity index (χ0v) is 15.6. The number of esters is 1. The molecule has 3 aromatic rings. The lowest BCUT2D eigenvalue weighted by Crippen LogP contribution is -2.21. The summed E-state index contributed by atoms with van der Waals surface area (Å²) < 4.78 is 10.1. The maximum absolute atomic E-state index is 12.0. The Bertz CT molecular complexity index is 919. The molecule has 1 N–H and O–H groups in total. The fourth-order valence-corrected chi connectivity index (χ4v) is 2.68. The van der Waals surface area contributed by atoms with Gasteiger partial charge in [-0.15, -0.1) is 0 Å². The number of methoxy groups -OCH3 is 1. The molecule has 0 fully saturated rings. The van der Waals surface area contributed by atoms with Crippen LogP contribution in [0.3, 0.4) is 0 Å². The Hall–Kier alpha value is -3.60. The number of rotatable bonds is 7. The second kappa shape index (κ2) is 9.37. The van der Waals surface area contributed by atoms with Gasteiger partial charge >= 0.3 is 5.97 Å². The Morgan fingerprint density at radius 2 is 1.46 bits per heavy atom. The molecule has 0 saturated carbocycles. The van der Waals surface area contributed by atoms with Crippen LogP contribution in [0.1, 0.15) is 5.56 Å². The SMILES string of the molecule is COc1ccc(NC(=O)COC(=O)Cc2ccc(-c3ccccc3)cc2)cc1. The Morgan fingerprint density at radius 3 is 2.11 bits per heavy atom. The average Bonchev–Trinajstić information content (AvgIpc) is 2.74. The lowest BCUT2D eigenvalue weighted by atomic mass is 10.0. The van der Waals surface area contributed by atoms with E-state index in [1.54, 1.807) is 31.4 Å². The van der Waals surface area contributed by atoms with Gasteiger partial charge < -0.3 is 14.8 Å². The van der Waals surface area contributed by atoms with Crippen LogP contribution in [0, 0.1) is 0 Å². The molecule has 28 heavy (non-hydrogen) atoms. The number of nitrogens with one attached hydrogen (secondary N) is 1. The summed E-state index contributed by atoms with van der Waals surface area (Å²) in [5.74, 6) is -0.141. The second-order valence-corrected chi connectivity index (χ2v) is 6.18. The van der Waals surface area contributed by atoms with Crippen molar-refractivity contribution >= 4 is 17.6 Å². The Labute approximate surface area is 163 Å². The highest BCUT2D eigenvalue weighted by molar-refractivity contribution is 5.92. The lowest BCUT2D eigenvalue weighted by molar-refractivity contribution is -0.146. The highest BCUT2D eigenvalue weighted by Gasteiger charge is 2.09. The molecule has 1 amide bonds. The third-order valence-electron chi connectivity index (χ3n) is 4.15. The van der Waals surface area contributed by atoms with Crippen LogP contribution in [0.4, 0.5) is 5.69 Å². The van der Waals surface area contributed by atoms with Gasteiger partial charge in [0.1, 0.15) is 5.75 Å². The van der Waals surface area contributed by atoms with Gasteiger partial charge in [0, 0.05) is 5.69 Å². The number of carbonyl (C=O) groups is 2. The monoisotopic (exact) mass is 375 g/mol. The maximum Gasteiger partial charge on any atom is 0.310 e. The minimum atomic E-state index is -0.447. The van der Waals surface area contributed by atoms with E-state index in [0.717, 1.165) is 16.7 Å². The Balaban J connectivity index is 1.46. The van der Waals surface area contributed by atoms with Crippen LogP contribution in [0.2, 0.25) is 0 Å². The zero-order chi connectivity index (χ0) is 19.8. The van der Waals surface area contributed by atoms with Gasteiger partial charge in [-0.3, -0.25) is 9.59 Å². The molecule has 0 aliphatic rings. The van der Waals surface area contributed by atoms with Gasteiger partial charge in [0.15, 0.2) is 6.61 Å². The van der Waals surface area contributed by atoms with E-state index in [0.29, 0.717) is 11.4 Å². The molecule has 0 saturated heterocycles. The summed E-state index contributed by atoms with van der Waals surface area (Å²) in [6.45, 7) is -0.326. The minimum Gasteiger partial charge on any atom is -0.497 e. The molecule has 0 unspecified atom stereocenters. The van der Waals surface area contributed by atoms with Crippen LogP contribution in [-0.4, -0.2) is 25.6 Å². The molecular weight excluding hydrogens is 354 g/mol. The van der Waals surface area contributed by atoms with Gasteiger partial charge in [0.2, 0.25) is 0 Å². The first kappa shape index (κ1) is 19.2. The molecule has 0 radical (unpaired) electrons. The first-order valence-electron chi connectivity index (χ1n) is 8.88. The fourth-order valence-electron chi connectivity index (χ4n) is 2.68. The molecule has 3 rings (SSSR count). The third-order valence-corrected chi connectivity index (χ3v) is 4.15. The van der Waals surface area contributed by atoms with E-state index >= 15 is 0 Å². The molecule has 0 aromatic heterocycles. The van der Waals surface area contributed by atoms with E-state index in [2.05, 4.69) is 5.32 Å². The van der Waals surface area contributed by atoms with Crippen molar-refractivity contribution < 1.29 is 19.1 Å². The molecule has 3 aromatic carbocycles. The third kappa shape index (κ3) is 5.45. The lowest BCUT2D eigenvalue weighted by Gasteiger charge is -2.08. The van der Waals surface area contributed by atoms with E-state index < -0.39 is 11.9 Å². The van der Waals surface area contributed by atoms with Crippen LogP contribution in [-0.2, 0) is 20.7 Å². The van der Waals surface area contributed by atoms with E-state index in [9.17, 15) is 9.59 Å². The summed E-state index contributed by atoms with van der Waals surface area (Å²) >= 11 is 0. The van der Waals surface area contributed by atoms with E-state index in [4.69, 9.17) is 9.47 Å². The van der Waals surface area contributed by atoms with Gasteiger partial charge in [-0.2, -0.15) is 0 Å². The van der Waals surface area contributed by atoms with Gasteiger partial charge in [-0.25, -0.2) is 0 Å². The van der Waals surface area contributed by atoms with Crippen molar-refractivity contribution in [2.24, 2.45) is 0 Å². The molecule has 5 heteroatoms. The number of amides is 1. The van der Waals surface area contributed by atoms with E-state index in [-0.39, 0.29) is 13.0 Å². The zero-order valence-electron chi connectivity index (χ0n) is 15.6. The summed E-state index contributed by atoms with van der Waals surface area (Å²) in [5.41, 5.74) is 3.64. The molecular formula is C23H21NO4. The smallest absolute Gasteiger partial charge is 0.310 e. The van der Waals surface area contributed by atoms with Crippen LogP contribution < -0.4 is 10.1 Å². The Morgan fingerprint density at radius 1 is 0.821 bits per heavy atom. The van der Waals surface area contributed by atoms with Crippen molar-refractivity contribution in [1.29, 1.82) is 0 Å². The van der Waals surface area contributed by atoms with Crippen molar-refractivity contribution in [3.8, 4) is 16.9 Å². The van der Waals surface area contributed by atoms with Gasteiger partial charge in [0.05, 0.1) is 13.5 Å². The van der Waals surface area contributed by atoms with Crippen molar-refractivity contribution in [2.45, 2.75) is 6.42 Å². The summed E-state index contributed by atoms with van der Waals surface area (Å²) in [4.78, 5) is 23.9. The second-order valence-electron chi connectivity index (χ2n) is 6.18. The number of benzene rings is 3. The fraction of sp³-hybridized carbons (Fsp3) is 0.130. The predicted octanol–water partition coefficient (Wildman–Crippen LogP) is 4.09. The minimum absolute atomic E-state index is 0.116. The summed E-state index contributed by atoms with van der Waals surface area (Å²) in [5, 5.41) is 2.67. The van der Waals surface area contributed by atoms with Crippen LogP contribution in [0.15, 0.2) is 78.9 Å². The first-order valence-corrected chi connectivity index (χ1v) is 8.88. The summed E-state index contributed by atoms with van der Waals surface area (Å²) in [6.07, 6.45) is 0.116. The molecule has 0 atom stereocenters. The number of carbonyl (C=O) groups excluding carboxylic acids is 2. The molecule has 0 aliphatic heterocycles. The maximum atomic E-state index is 12.0. The number of hydrogen-bond acceptors (Lipinski definition) is 4. The molecule has 0 heterocycles. The topological polar surface area (TPSA) is 64.6 Å². The average molecular weight is 375 g/mol. The van der Waals surface area contributed by atoms with E-state index in [1.807, 2.05) is 54.6 Å². The first-order chi connectivity index (χ1) is 13.6. The molecule has 0 aliphatic carbocycles. The quantitative estimate of drug-likeness (QED) is 0.632. The van der Waals surface area contributed by atoms with Gasteiger partial charge in [0.25, 0.3) is 5.91 Å². The molecule has 142 valence electrons. The predicted molar refractivity (Wildman–Crippen MR) is 108 cm³/mol. The van der Waals surface area contributed by atoms with Crippen molar-refractivity contribution in [2.75, 3.05) is 19.0 Å². The molecule has 0 spiro atoms. The van der Waals surface area contributed by atoms with Crippen molar-refractivity contribution in [3.63, 3.8) is 0 Å². The van der Waals surface area contributed by atoms with Crippen LogP contribution >= 0.6 is 0 Å². The van der Waals surface area contributed by atoms with Gasteiger partial charge in [-0.1, -0.05) is 54.6 Å². The van der Waals surface area contributed by atoms with Crippen LogP contribution in [0.5, 0.6) is 5.75 Å². The molecule has 5 nitrogen and oxygen atoms in total. The highest BCUT2D eigenvalue weighted by Crippen LogP contribution is 2.19. The molecule has 0 bridgehead atoms. The Kier molecular flexibility index (Phi) is 6.41. The highest BCUT2D eigenvalue weighted by atomic mass is 16.5.